The van der Waals surface area contributed by atoms with Gasteiger partial charge in [0.25, 0.3) is 0 Å². The van der Waals surface area contributed by atoms with E-state index in [0.29, 0.717) is 0 Å². The number of nitrogens with zero attached hydrogens (tertiary/aromatic N) is 1. The van der Waals surface area contributed by atoms with Crippen molar-refractivity contribution in [3.8, 4) is 0 Å². The molecular weight excluding hydrogens is 110 g/mol. The molecule has 0 rings (SSSR count). The lowest BCUT2D eigenvalue weighted by Crippen LogP contribution is -2.21. The minimum Gasteiger partial charge on any atom is -0.304 e. The molecule has 0 unspecified atom stereocenters. The average molecular weight is 130 g/mol. The van der Waals surface area contributed by atoms with Crippen LogP contribution in [0, 0.1) is 6.92 Å². The first-order chi connectivity index (χ1) is 4.35. The van der Waals surface area contributed by atoms with E-state index in [1.54, 1.807) is 6.92 Å². The summed E-state index contributed by atoms with van der Waals surface area (Å²) in [4.78, 5) is 2.38. The highest BCUT2D eigenvalue weighted by Gasteiger charge is 1.89. The topological polar surface area (TPSA) is 3.24 Å². The molecule has 1 radical (unpaired) electrons. The Morgan fingerprint density at radius 2 is 1.11 bits per heavy atom. The van der Waals surface area contributed by atoms with Gasteiger partial charge in [0.05, 0.1) is 0 Å². The van der Waals surface area contributed by atoms with Crippen molar-refractivity contribution >= 4 is 0 Å². The van der Waals surface area contributed by atoms with Crippen LogP contribution in [0.5, 0.6) is 0 Å². The quantitative estimate of drug-likeness (QED) is 0.566. The molecule has 0 aliphatic carbocycles. The summed E-state index contributed by atoms with van der Waals surface area (Å²) in [6.45, 7) is 15.1. The van der Waals surface area contributed by atoms with Crippen LogP contribution in [0.1, 0.15) is 27.7 Å². The van der Waals surface area contributed by atoms with Crippen LogP contribution in [0.4, 0.5) is 0 Å². The molecule has 1 heteroatoms. The highest BCUT2D eigenvalue weighted by Crippen LogP contribution is 1.81. The van der Waals surface area contributed by atoms with Crippen LogP contribution in [0.25, 0.3) is 0 Å². The number of hydrogen-bond acceptors (Lipinski definition) is 1. The maximum absolute atomic E-state index is 3.25. The van der Waals surface area contributed by atoms with Gasteiger partial charge in [-0.2, -0.15) is 0 Å². The van der Waals surface area contributed by atoms with Crippen LogP contribution in [0.3, 0.4) is 0 Å². The minimum atomic E-state index is 1.19. The highest BCUT2D eigenvalue weighted by atomic mass is 15.1. The Labute approximate surface area is 60.1 Å². The molecule has 0 fully saturated rings. The van der Waals surface area contributed by atoms with Crippen LogP contribution in [-0.2, 0) is 0 Å². The molecule has 57 valence electrons. The Morgan fingerprint density at radius 3 is 1.11 bits per heavy atom. The summed E-state index contributed by atoms with van der Waals surface area (Å²) in [7, 11) is 0. The Hall–Kier alpha value is -0.0400. The summed E-state index contributed by atoms with van der Waals surface area (Å²) < 4.78 is 0. The van der Waals surface area contributed by atoms with E-state index in [9.17, 15) is 0 Å². The third-order valence-corrected chi connectivity index (χ3v) is 1.34. The number of hydrogen-bond donors (Lipinski definition) is 0. The maximum atomic E-state index is 3.25. The number of rotatable bonds is 3. The van der Waals surface area contributed by atoms with E-state index in [-0.39, 0.29) is 0 Å². The third kappa shape index (κ3) is 7.96. The summed E-state index contributed by atoms with van der Waals surface area (Å²) >= 11 is 0. The predicted molar refractivity (Wildman–Crippen MR) is 44.5 cm³/mol. The zero-order valence-corrected chi connectivity index (χ0v) is 7.28. The molecular formula is C8H20N. The largest absolute Gasteiger partial charge is 0.304 e. The molecule has 0 aromatic heterocycles. The summed E-state index contributed by atoms with van der Waals surface area (Å²) in [5.41, 5.74) is 0. The predicted octanol–water partition coefficient (Wildman–Crippen LogP) is 2.19. The maximum Gasteiger partial charge on any atom is -0.00474 e. The highest BCUT2D eigenvalue weighted by molar-refractivity contribution is 4.43. The summed E-state index contributed by atoms with van der Waals surface area (Å²) in [5.74, 6) is 0. The van der Waals surface area contributed by atoms with Gasteiger partial charge in [-0.15, -0.1) is 0 Å². The molecule has 0 spiro atoms. The second-order valence-corrected chi connectivity index (χ2v) is 1.62. The lowest BCUT2D eigenvalue weighted by Gasteiger charge is -2.13. The van der Waals surface area contributed by atoms with Crippen molar-refractivity contribution < 1.29 is 0 Å². The molecule has 0 bridgehead atoms. The van der Waals surface area contributed by atoms with Crippen LogP contribution in [0.2, 0.25) is 0 Å². The SMILES string of the molecule is CCN(CC)CC.[CH2]C. The first-order valence-corrected chi connectivity index (χ1v) is 3.78. The zero-order chi connectivity index (χ0) is 7.70. The molecule has 0 saturated heterocycles. The van der Waals surface area contributed by atoms with Gasteiger partial charge in [0.15, 0.2) is 0 Å². The van der Waals surface area contributed by atoms with Crippen molar-refractivity contribution in [3.05, 3.63) is 6.92 Å². The van der Waals surface area contributed by atoms with Gasteiger partial charge in [-0.05, 0) is 19.6 Å². The zero-order valence-electron chi connectivity index (χ0n) is 7.28. The van der Waals surface area contributed by atoms with Crippen molar-refractivity contribution in [1.82, 2.24) is 4.90 Å². The fraction of sp³-hybridized carbons (Fsp3) is 0.875. The van der Waals surface area contributed by atoms with Gasteiger partial charge < -0.3 is 4.90 Å². The average Bonchev–Trinajstić information content (AvgIpc) is 1.96. The molecule has 1 nitrogen and oxygen atoms in total. The second-order valence-electron chi connectivity index (χ2n) is 1.62. The fourth-order valence-electron chi connectivity index (χ4n) is 0.671. The third-order valence-electron chi connectivity index (χ3n) is 1.34. The van der Waals surface area contributed by atoms with Crippen LogP contribution in [-0.4, -0.2) is 24.5 Å². The molecule has 9 heavy (non-hydrogen) atoms. The molecule has 0 aliphatic rings. The molecule has 0 aromatic carbocycles. The molecule has 0 amide bonds. The fourth-order valence-corrected chi connectivity index (χ4v) is 0.671. The molecule has 0 N–H and O–H groups in total. The normalized spacial score (nSPS) is 8.67. The smallest absolute Gasteiger partial charge is 0.00474 e. The van der Waals surface area contributed by atoms with E-state index < -0.39 is 0 Å². The Bertz CT molecular complexity index is 26.0. The lowest BCUT2D eigenvalue weighted by atomic mass is 10.5. The first-order valence-electron chi connectivity index (χ1n) is 3.78. The van der Waals surface area contributed by atoms with Crippen molar-refractivity contribution in [2.75, 3.05) is 19.6 Å². The Balaban J connectivity index is 0. The van der Waals surface area contributed by atoms with Gasteiger partial charge in [0.1, 0.15) is 0 Å². The summed E-state index contributed by atoms with van der Waals surface area (Å²) in [6.07, 6.45) is 0. The second kappa shape index (κ2) is 10.9. The van der Waals surface area contributed by atoms with E-state index in [4.69, 9.17) is 0 Å². The lowest BCUT2D eigenvalue weighted by molar-refractivity contribution is 0.321. The minimum absolute atomic E-state index is 1.19. The summed E-state index contributed by atoms with van der Waals surface area (Å²) in [6, 6.07) is 0. The molecule has 0 aromatic rings. The van der Waals surface area contributed by atoms with Gasteiger partial charge in [-0.1, -0.05) is 34.6 Å². The Kier molecular flexibility index (Phi) is 14.1. The molecule has 0 saturated carbocycles. The van der Waals surface area contributed by atoms with Gasteiger partial charge in [-0.25, -0.2) is 0 Å². The molecule has 0 atom stereocenters. The van der Waals surface area contributed by atoms with Crippen molar-refractivity contribution in [1.29, 1.82) is 0 Å². The standard InChI is InChI=1S/C6H15N.C2H5/c1-4-7(5-2)6-3;1-2/h4-6H2,1-3H3;1H2,2H3. The monoisotopic (exact) mass is 130 g/mol. The van der Waals surface area contributed by atoms with Gasteiger partial charge >= 0.3 is 0 Å². The molecule has 0 aliphatic heterocycles. The van der Waals surface area contributed by atoms with Crippen LogP contribution in [0.15, 0.2) is 0 Å². The first kappa shape index (κ1) is 11.7. The van der Waals surface area contributed by atoms with Gasteiger partial charge in [-0.3, -0.25) is 0 Å². The van der Waals surface area contributed by atoms with Gasteiger partial charge in [0, 0.05) is 0 Å². The van der Waals surface area contributed by atoms with Crippen molar-refractivity contribution in [3.63, 3.8) is 0 Å². The van der Waals surface area contributed by atoms with Crippen molar-refractivity contribution in [2.24, 2.45) is 0 Å². The van der Waals surface area contributed by atoms with Crippen LogP contribution >= 0.6 is 0 Å². The van der Waals surface area contributed by atoms with E-state index in [0.717, 1.165) is 0 Å². The van der Waals surface area contributed by atoms with E-state index in [2.05, 4.69) is 32.6 Å². The van der Waals surface area contributed by atoms with E-state index >= 15 is 0 Å². The summed E-state index contributed by atoms with van der Waals surface area (Å²) in [5, 5.41) is 0. The van der Waals surface area contributed by atoms with E-state index in [1.807, 2.05) is 0 Å². The van der Waals surface area contributed by atoms with Crippen LogP contribution < -0.4 is 0 Å². The van der Waals surface area contributed by atoms with E-state index in [1.165, 1.54) is 19.6 Å². The molecule has 0 heterocycles. The Morgan fingerprint density at radius 1 is 0.889 bits per heavy atom. The van der Waals surface area contributed by atoms with Crippen molar-refractivity contribution in [2.45, 2.75) is 27.7 Å². The van der Waals surface area contributed by atoms with Gasteiger partial charge in [0.2, 0.25) is 0 Å².